The molecule has 0 aromatic rings. The van der Waals surface area contributed by atoms with Crippen molar-refractivity contribution in [1.29, 1.82) is 0 Å². The zero-order valence-electron chi connectivity index (χ0n) is 27.1. The van der Waals surface area contributed by atoms with E-state index in [1.807, 2.05) is 42.3 Å². The van der Waals surface area contributed by atoms with Crippen molar-refractivity contribution in [2.24, 2.45) is 34.5 Å². The first-order valence-electron chi connectivity index (χ1n) is 15.9. The van der Waals surface area contributed by atoms with Crippen molar-refractivity contribution in [2.75, 3.05) is 62.0 Å². The molecule has 1 aliphatic heterocycles. The number of quaternary nitrogens is 2. The Balaban J connectivity index is 1.37. The van der Waals surface area contributed by atoms with E-state index in [-0.39, 0.29) is 54.4 Å². The van der Waals surface area contributed by atoms with E-state index in [0.29, 0.717) is 33.8 Å². The second kappa shape index (κ2) is 10.6. The van der Waals surface area contributed by atoms with Gasteiger partial charge < -0.3 is 28.3 Å². The maximum atomic E-state index is 13.1. The van der Waals surface area contributed by atoms with Gasteiger partial charge in [0.2, 0.25) is 0 Å². The summed E-state index contributed by atoms with van der Waals surface area (Å²) >= 11 is 0. The number of hydrogen-bond donors (Lipinski definition) is 1. The number of esters is 3. The summed E-state index contributed by atoms with van der Waals surface area (Å²) in [7, 11) is 11.9. The van der Waals surface area contributed by atoms with E-state index < -0.39 is 17.1 Å². The van der Waals surface area contributed by atoms with Gasteiger partial charge in [-0.15, -0.1) is 0 Å². The maximum absolute atomic E-state index is 13.1. The lowest BCUT2D eigenvalue weighted by Gasteiger charge is -2.63. The number of carbonyl (C=O) groups excluding carboxylic acids is 3. The number of carbonyl (C=O) groups is 3. The fourth-order valence-corrected chi connectivity index (χ4v) is 9.84. The first kappa shape index (κ1) is 31.5. The lowest BCUT2D eigenvalue weighted by Crippen LogP contribution is -2.62. The fourth-order valence-electron chi connectivity index (χ4n) is 9.84. The van der Waals surface area contributed by atoms with Crippen molar-refractivity contribution >= 4 is 17.9 Å². The molecule has 0 aromatic carbocycles. The van der Waals surface area contributed by atoms with Crippen LogP contribution in [0.15, 0.2) is 11.6 Å². The van der Waals surface area contributed by atoms with E-state index in [1.54, 1.807) is 6.08 Å². The number of nitrogens with zero attached hydrogens (tertiary/aromatic N) is 2. The molecule has 4 saturated carbocycles. The maximum Gasteiger partial charge on any atom is 0.362 e. The highest BCUT2D eigenvalue weighted by molar-refractivity contribution is 5.85. The Kier molecular flexibility index (Phi) is 7.93. The largest absolute Gasteiger partial charge is 0.458 e. The molecule has 9 atom stereocenters. The van der Waals surface area contributed by atoms with Gasteiger partial charge in [-0.05, 0) is 73.7 Å². The fraction of sp³-hybridized carbons (Fsp3) is 0.848. The van der Waals surface area contributed by atoms with Crippen LogP contribution in [-0.2, 0) is 28.6 Å². The summed E-state index contributed by atoms with van der Waals surface area (Å²) in [6.07, 6.45) is 7.81. The molecule has 5 rings (SSSR count). The Morgan fingerprint density at radius 3 is 2.17 bits per heavy atom. The van der Waals surface area contributed by atoms with Gasteiger partial charge in [0, 0.05) is 23.8 Å². The van der Waals surface area contributed by atoms with Crippen LogP contribution in [0.5, 0.6) is 0 Å². The number of rotatable bonds is 7. The SMILES string of the molecule is C[C@]12CC[C@H](OC(=O)C[N+](C)(C)C)C[C@@H]1CC[C@@H]1[C@@H]2CC[C@]2(C)[C@H](C3=CC(=O)OC3)[C@H](OC(=O)C[N+](C)(C)C)C[C@]12O. The molecule has 1 heterocycles. The van der Waals surface area contributed by atoms with Crippen LogP contribution in [0.2, 0.25) is 0 Å². The monoisotopic (exact) mass is 590 g/mol. The smallest absolute Gasteiger partial charge is 0.362 e. The second-order valence-electron chi connectivity index (χ2n) is 16.7. The molecule has 9 nitrogen and oxygen atoms in total. The first-order chi connectivity index (χ1) is 19.3. The summed E-state index contributed by atoms with van der Waals surface area (Å²) in [6.45, 7) is 5.36. The van der Waals surface area contributed by atoms with E-state index in [2.05, 4.69) is 13.8 Å². The quantitative estimate of drug-likeness (QED) is 0.276. The van der Waals surface area contributed by atoms with Crippen LogP contribution < -0.4 is 0 Å². The molecule has 4 fully saturated rings. The van der Waals surface area contributed by atoms with Gasteiger partial charge in [-0.25, -0.2) is 14.4 Å². The van der Waals surface area contributed by atoms with E-state index in [9.17, 15) is 19.5 Å². The predicted octanol–water partition coefficient (Wildman–Crippen LogP) is 3.09. The molecule has 1 N–H and O–H groups in total. The van der Waals surface area contributed by atoms with Gasteiger partial charge in [0.15, 0.2) is 13.1 Å². The normalized spacial score (nSPS) is 41.6. The van der Waals surface area contributed by atoms with Crippen LogP contribution in [-0.4, -0.2) is 112 Å². The van der Waals surface area contributed by atoms with Crippen molar-refractivity contribution in [2.45, 2.75) is 83.0 Å². The van der Waals surface area contributed by atoms with Crippen LogP contribution in [0.1, 0.15) is 65.2 Å². The van der Waals surface area contributed by atoms with E-state index in [4.69, 9.17) is 14.2 Å². The Hall–Kier alpha value is -1.97. The molecule has 0 spiro atoms. The average molecular weight is 591 g/mol. The lowest BCUT2D eigenvalue weighted by atomic mass is 9.43. The van der Waals surface area contributed by atoms with Crippen molar-refractivity contribution in [1.82, 2.24) is 0 Å². The molecule has 0 aromatic heterocycles. The highest BCUT2D eigenvalue weighted by Gasteiger charge is 2.71. The highest BCUT2D eigenvalue weighted by atomic mass is 16.6. The minimum absolute atomic E-state index is 0.0386. The van der Waals surface area contributed by atoms with Crippen molar-refractivity contribution in [3.63, 3.8) is 0 Å². The van der Waals surface area contributed by atoms with Gasteiger partial charge in [0.1, 0.15) is 18.8 Å². The molecule has 0 saturated heterocycles. The van der Waals surface area contributed by atoms with Crippen LogP contribution in [0, 0.1) is 34.5 Å². The van der Waals surface area contributed by atoms with Crippen LogP contribution in [0.3, 0.4) is 0 Å². The van der Waals surface area contributed by atoms with Gasteiger partial charge >= 0.3 is 17.9 Å². The summed E-state index contributed by atoms with van der Waals surface area (Å²) in [4.78, 5) is 37.8. The third kappa shape index (κ3) is 5.65. The molecule has 0 amide bonds. The summed E-state index contributed by atoms with van der Waals surface area (Å²) in [5.74, 6) is -0.152. The Labute approximate surface area is 251 Å². The number of hydrogen-bond acceptors (Lipinski definition) is 7. The molecular formula is C33H54N2O7+2. The van der Waals surface area contributed by atoms with Crippen molar-refractivity contribution in [3.05, 3.63) is 11.6 Å². The molecular weight excluding hydrogens is 536 g/mol. The minimum Gasteiger partial charge on any atom is -0.458 e. The van der Waals surface area contributed by atoms with E-state index in [1.165, 1.54) is 0 Å². The predicted molar refractivity (Wildman–Crippen MR) is 157 cm³/mol. The van der Waals surface area contributed by atoms with Crippen molar-refractivity contribution < 1.29 is 42.7 Å². The summed E-state index contributed by atoms with van der Waals surface area (Å²) in [5, 5.41) is 12.8. The Morgan fingerprint density at radius 2 is 1.57 bits per heavy atom. The number of fused-ring (bicyclic) bond motifs is 5. The second-order valence-corrected chi connectivity index (χ2v) is 16.7. The molecule has 0 bridgehead atoms. The topological polar surface area (TPSA) is 99.1 Å². The molecule has 0 radical (unpaired) electrons. The molecule has 236 valence electrons. The summed E-state index contributed by atoms with van der Waals surface area (Å²) in [6, 6.07) is 0. The Bertz CT molecular complexity index is 1140. The van der Waals surface area contributed by atoms with Gasteiger partial charge in [0.25, 0.3) is 0 Å². The molecule has 9 heteroatoms. The standard InChI is InChI=1S/C33H54N2O7/c1-31-13-11-23(41-28(37)18-34(3,4)5)16-22(31)9-10-25-24(31)12-14-32(2)30(21-15-27(36)40-20-21)26(17-33(25,32)39)42-29(38)19-35(6,7)8/h15,22-26,30,39H,9-14,16-20H2,1-8H3/q+2/t22-,23-,24-,25+,26+,30+,31-,32+,33-/m0/s1. The zero-order chi connectivity index (χ0) is 30.9. The van der Waals surface area contributed by atoms with E-state index in [0.717, 1.165) is 50.5 Å². The van der Waals surface area contributed by atoms with Gasteiger partial charge in [-0.2, -0.15) is 0 Å². The first-order valence-corrected chi connectivity index (χ1v) is 15.9. The van der Waals surface area contributed by atoms with Crippen LogP contribution in [0.25, 0.3) is 0 Å². The van der Waals surface area contributed by atoms with Crippen LogP contribution >= 0.6 is 0 Å². The number of likely N-dealkylation sites (N-methyl/N-ethyl adjacent to an activating group) is 2. The van der Waals surface area contributed by atoms with Gasteiger partial charge in [0.05, 0.1) is 47.9 Å². The lowest BCUT2D eigenvalue weighted by molar-refractivity contribution is -0.862. The van der Waals surface area contributed by atoms with Gasteiger partial charge in [-0.3, -0.25) is 0 Å². The third-order valence-electron chi connectivity index (χ3n) is 11.7. The number of cyclic esters (lactones) is 1. The number of ether oxygens (including phenoxy) is 3. The van der Waals surface area contributed by atoms with Crippen LogP contribution in [0.4, 0.5) is 0 Å². The van der Waals surface area contributed by atoms with E-state index >= 15 is 0 Å². The van der Waals surface area contributed by atoms with Crippen molar-refractivity contribution in [3.8, 4) is 0 Å². The summed E-state index contributed by atoms with van der Waals surface area (Å²) < 4.78 is 18.5. The minimum atomic E-state index is -1.02. The third-order valence-corrected chi connectivity index (χ3v) is 11.7. The summed E-state index contributed by atoms with van der Waals surface area (Å²) in [5.41, 5.74) is -0.647. The zero-order valence-corrected chi connectivity index (χ0v) is 27.1. The molecule has 4 aliphatic carbocycles. The molecule has 5 aliphatic rings. The molecule has 0 unspecified atom stereocenters. The highest BCUT2D eigenvalue weighted by Crippen LogP contribution is 2.70. The Morgan fingerprint density at radius 1 is 0.929 bits per heavy atom. The average Bonchev–Trinajstić information content (AvgIpc) is 3.34. The van der Waals surface area contributed by atoms with Gasteiger partial charge in [-0.1, -0.05) is 13.8 Å². The molecule has 42 heavy (non-hydrogen) atoms. The number of aliphatic hydroxyl groups is 1.